The summed E-state index contributed by atoms with van der Waals surface area (Å²) in [5.41, 5.74) is 1.07. The lowest BCUT2D eigenvalue weighted by Gasteiger charge is -2.33. The average molecular weight is 484 g/mol. The normalized spacial score (nSPS) is 16.5. The Bertz CT molecular complexity index is 1110. The van der Waals surface area contributed by atoms with Gasteiger partial charge in [0.05, 0.1) is 16.0 Å². The van der Waals surface area contributed by atoms with Crippen LogP contribution in [-0.2, 0) is 26.0 Å². The standard InChI is InChI=1S/C23H27ClFNO5S/c1-23(2,3)31-22(27)14-30-21-10-6-7-16-17(21)8-5-9-20(16)26(4)32(28,29)15-11-12-19(25)18(24)13-15/h6-7,10-13,20H,5,8-9,14H2,1-4H3/t20-/m1/s1. The van der Waals surface area contributed by atoms with Gasteiger partial charge in [-0.15, -0.1) is 0 Å². The lowest BCUT2D eigenvalue weighted by molar-refractivity contribution is -0.157. The van der Waals surface area contributed by atoms with Gasteiger partial charge in [0.25, 0.3) is 0 Å². The maximum absolute atomic E-state index is 13.5. The number of esters is 1. The van der Waals surface area contributed by atoms with E-state index in [0.29, 0.717) is 18.6 Å². The van der Waals surface area contributed by atoms with Crippen LogP contribution in [0.15, 0.2) is 41.3 Å². The quantitative estimate of drug-likeness (QED) is 0.546. The van der Waals surface area contributed by atoms with Crippen molar-refractivity contribution >= 4 is 27.6 Å². The topological polar surface area (TPSA) is 72.9 Å². The summed E-state index contributed by atoms with van der Waals surface area (Å²) in [6.45, 7) is 5.11. The van der Waals surface area contributed by atoms with Crippen LogP contribution in [-0.4, -0.2) is 37.9 Å². The van der Waals surface area contributed by atoms with Crippen molar-refractivity contribution in [2.45, 2.75) is 56.6 Å². The number of hydrogen-bond donors (Lipinski definition) is 0. The van der Waals surface area contributed by atoms with Gasteiger partial charge in [-0.2, -0.15) is 4.31 Å². The van der Waals surface area contributed by atoms with Gasteiger partial charge in [-0.25, -0.2) is 17.6 Å². The van der Waals surface area contributed by atoms with E-state index < -0.39 is 33.5 Å². The Morgan fingerprint density at radius 2 is 1.97 bits per heavy atom. The summed E-state index contributed by atoms with van der Waals surface area (Å²) in [6, 6.07) is 8.34. The van der Waals surface area contributed by atoms with Crippen LogP contribution in [0.25, 0.3) is 0 Å². The smallest absolute Gasteiger partial charge is 0.344 e. The Morgan fingerprint density at radius 1 is 1.25 bits per heavy atom. The lowest BCUT2D eigenvalue weighted by atomic mass is 9.87. The number of halogens is 2. The molecule has 0 saturated carbocycles. The van der Waals surface area contributed by atoms with Crippen LogP contribution in [0.1, 0.15) is 50.8 Å². The molecular weight excluding hydrogens is 457 g/mol. The van der Waals surface area contributed by atoms with E-state index in [0.717, 1.165) is 29.7 Å². The molecule has 0 saturated heterocycles. The van der Waals surface area contributed by atoms with Crippen molar-refractivity contribution in [2.75, 3.05) is 13.7 Å². The molecule has 3 rings (SSSR count). The van der Waals surface area contributed by atoms with E-state index in [1.165, 1.54) is 17.4 Å². The van der Waals surface area contributed by atoms with Gasteiger partial charge in [-0.3, -0.25) is 0 Å². The fourth-order valence-corrected chi connectivity index (χ4v) is 5.42. The monoisotopic (exact) mass is 483 g/mol. The molecule has 2 aromatic rings. The number of carbonyl (C=O) groups is 1. The fourth-order valence-electron chi connectivity index (χ4n) is 3.78. The zero-order valence-corrected chi connectivity index (χ0v) is 20.1. The minimum absolute atomic E-state index is 0.0733. The first kappa shape index (κ1) is 24.5. The molecule has 0 aromatic heterocycles. The third-order valence-corrected chi connectivity index (χ3v) is 7.36. The van der Waals surface area contributed by atoms with Crippen LogP contribution in [0.2, 0.25) is 5.02 Å². The van der Waals surface area contributed by atoms with E-state index >= 15 is 0 Å². The van der Waals surface area contributed by atoms with Gasteiger partial charge < -0.3 is 9.47 Å². The number of fused-ring (bicyclic) bond motifs is 1. The average Bonchev–Trinajstić information content (AvgIpc) is 2.71. The van der Waals surface area contributed by atoms with E-state index in [9.17, 15) is 17.6 Å². The predicted molar refractivity (Wildman–Crippen MR) is 120 cm³/mol. The van der Waals surface area contributed by atoms with Crippen molar-refractivity contribution < 1.29 is 27.1 Å². The summed E-state index contributed by atoms with van der Waals surface area (Å²) in [6.07, 6.45) is 2.06. The van der Waals surface area contributed by atoms with E-state index in [2.05, 4.69) is 0 Å². The molecule has 0 N–H and O–H groups in total. The largest absolute Gasteiger partial charge is 0.482 e. The Balaban J connectivity index is 1.85. The third-order valence-electron chi connectivity index (χ3n) is 5.21. The summed E-state index contributed by atoms with van der Waals surface area (Å²) in [7, 11) is -2.41. The van der Waals surface area contributed by atoms with Gasteiger partial charge in [-0.1, -0.05) is 23.7 Å². The first-order valence-corrected chi connectivity index (χ1v) is 12.1. The van der Waals surface area contributed by atoms with Gasteiger partial charge in [0.1, 0.15) is 17.2 Å². The summed E-state index contributed by atoms with van der Waals surface area (Å²) in [5.74, 6) is -0.618. The molecule has 1 atom stereocenters. The zero-order chi connectivity index (χ0) is 23.7. The van der Waals surface area contributed by atoms with Gasteiger partial charge >= 0.3 is 5.97 Å². The Kier molecular flexibility index (Phi) is 7.17. The SMILES string of the molecule is CN([C@@H]1CCCc2c(OCC(=O)OC(C)(C)C)cccc21)S(=O)(=O)c1ccc(F)c(Cl)c1. The molecule has 174 valence electrons. The molecule has 6 nitrogen and oxygen atoms in total. The summed E-state index contributed by atoms with van der Waals surface area (Å²) in [4.78, 5) is 12.0. The summed E-state index contributed by atoms with van der Waals surface area (Å²) < 4.78 is 52.2. The van der Waals surface area contributed by atoms with Gasteiger partial charge in [0.15, 0.2) is 6.61 Å². The number of ether oxygens (including phenoxy) is 2. The molecule has 2 aromatic carbocycles. The Hall–Kier alpha value is -2.16. The first-order valence-electron chi connectivity index (χ1n) is 10.3. The lowest BCUT2D eigenvalue weighted by Crippen LogP contribution is -2.33. The van der Waals surface area contributed by atoms with E-state index in [1.807, 2.05) is 6.07 Å². The molecule has 0 fully saturated rings. The van der Waals surface area contributed by atoms with Crippen molar-refractivity contribution in [1.29, 1.82) is 0 Å². The minimum atomic E-state index is -3.91. The molecule has 0 aliphatic heterocycles. The van der Waals surface area contributed by atoms with Crippen LogP contribution in [0.3, 0.4) is 0 Å². The molecule has 9 heteroatoms. The highest BCUT2D eigenvalue weighted by atomic mass is 35.5. The number of rotatable bonds is 6. The highest BCUT2D eigenvalue weighted by Gasteiger charge is 2.33. The van der Waals surface area contributed by atoms with E-state index in [-0.39, 0.29) is 16.5 Å². The maximum Gasteiger partial charge on any atom is 0.344 e. The Labute approximate surface area is 193 Å². The molecular formula is C23H27ClFNO5S. The van der Waals surface area contributed by atoms with Crippen LogP contribution < -0.4 is 4.74 Å². The number of hydrogen-bond acceptors (Lipinski definition) is 5. The molecule has 0 amide bonds. The molecule has 0 radical (unpaired) electrons. The zero-order valence-electron chi connectivity index (χ0n) is 18.5. The second-order valence-corrected chi connectivity index (χ2v) is 11.1. The highest BCUT2D eigenvalue weighted by molar-refractivity contribution is 7.89. The molecule has 0 spiro atoms. The number of sulfonamides is 1. The molecule has 1 aliphatic rings. The number of benzene rings is 2. The molecule has 0 heterocycles. The van der Waals surface area contributed by atoms with Crippen LogP contribution in [0.5, 0.6) is 5.75 Å². The van der Waals surface area contributed by atoms with E-state index in [4.69, 9.17) is 21.1 Å². The first-order chi connectivity index (χ1) is 14.9. The van der Waals surface area contributed by atoms with Crippen molar-refractivity contribution in [3.8, 4) is 5.75 Å². The molecule has 0 unspecified atom stereocenters. The minimum Gasteiger partial charge on any atom is -0.482 e. The molecule has 1 aliphatic carbocycles. The molecule has 32 heavy (non-hydrogen) atoms. The second-order valence-electron chi connectivity index (χ2n) is 8.70. The number of nitrogens with zero attached hydrogens (tertiary/aromatic N) is 1. The summed E-state index contributed by atoms with van der Waals surface area (Å²) >= 11 is 5.80. The van der Waals surface area contributed by atoms with Gasteiger partial charge in [-0.05, 0) is 75.4 Å². The van der Waals surface area contributed by atoms with Crippen molar-refractivity contribution in [1.82, 2.24) is 4.31 Å². The highest BCUT2D eigenvalue weighted by Crippen LogP contribution is 2.40. The second kappa shape index (κ2) is 9.37. The van der Waals surface area contributed by atoms with Crippen molar-refractivity contribution in [3.05, 3.63) is 58.4 Å². The Morgan fingerprint density at radius 3 is 2.62 bits per heavy atom. The van der Waals surface area contributed by atoms with E-state index in [1.54, 1.807) is 32.9 Å². The van der Waals surface area contributed by atoms with Crippen LogP contribution in [0, 0.1) is 5.82 Å². The predicted octanol–water partition coefficient (Wildman–Crippen LogP) is 4.90. The van der Waals surface area contributed by atoms with Crippen LogP contribution in [0.4, 0.5) is 4.39 Å². The maximum atomic E-state index is 13.5. The summed E-state index contributed by atoms with van der Waals surface area (Å²) in [5, 5.41) is -0.249. The van der Waals surface area contributed by atoms with Gasteiger partial charge in [0.2, 0.25) is 10.0 Å². The molecule has 0 bridgehead atoms. The van der Waals surface area contributed by atoms with Crippen LogP contribution >= 0.6 is 11.6 Å². The van der Waals surface area contributed by atoms with Gasteiger partial charge in [0, 0.05) is 7.05 Å². The number of carbonyl (C=O) groups excluding carboxylic acids is 1. The van der Waals surface area contributed by atoms with Crippen molar-refractivity contribution in [2.24, 2.45) is 0 Å². The third kappa shape index (κ3) is 5.42. The fraction of sp³-hybridized carbons (Fsp3) is 0.435. The van der Waals surface area contributed by atoms with Crippen molar-refractivity contribution in [3.63, 3.8) is 0 Å².